The first-order chi connectivity index (χ1) is 8.40. The average molecular weight is 238 g/mol. The molecule has 1 atom stereocenters. The molecule has 1 aromatic heterocycles. The van der Waals surface area contributed by atoms with E-state index in [-0.39, 0.29) is 0 Å². The van der Waals surface area contributed by atoms with Gasteiger partial charge in [-0.15, -0.1) is 0 Å². The lowest BCUT2D eigenvalue weighted by molar-refractivity contribution is 0.0910. The number of hydrogen-bond donors (Lipinski definition) is 2. The molecular weight excluding hydrogens is 216 g/mol. The molecule has 2 rings (SSSR count). The summed E-state index contributed by atoms with van der Waals surface area (Å²) in [6.07, 6.45) is 7.12. The molecule has 0 bridgehead atoms. The predicted molar refractivity (Wildman–Crippen MR) is 66.7 cm³/mol. The average Bonchev–Trinajstić information content (AvgIpc) is 2.88. The van der Waals surface area contributed by atoms with Crippen LogP contribution in [0, 0.1) is 0 Å². The van der Waals surface area contributed by atoms with Gasteiger partial charge in [0.1, 0.15) is 0 Å². The smallest absolute Gasteiger partial charge is 0.0947 e. The molecule has 0 aromatic carbocycles. The van der Waals surface area contributed by atoms with Crippen LogP contribution in [0.1, 0.15) is 24.8 Å². The SMILES string of the molecule is OCC1CCCCN1CCNCc1ccoc1. The van der Waals surface area contributed by atoms with Gasteiger partial charge in [0.25, 0.3) is 0 Å². The Labute approximate surface area is 103 Å². The maximum absolute atomic E-state index is 9.29. The highest BCUT2D eigenvalue weighted by Gasteiger charge is 2.20. The van der Waals surface area contributed by atoms with E-state index in [0.29, 0.717) is 12.6 Å². The highest BCUT2D eigenvalue weighted by atomic mass is 16.3. The summed E-state index contributed by atoms with van der Waals surface area (Å²) >= 11 is 0. The van der Waals surface area contributed by atoms with Crippen molar-refractivity contribution < 1.29 is 9.52 Å². The van der Waals surface area contributed by atoms with E-state index in [1.165, 1.54) is 18.4 Å². The van der Waals surface area contributed by atoms with Crippen molar-refractivity contribution in [2.45, 2.75) is 31.8 Å². The summed E-state index contributed by atoms with van der Waals surface area (Å²) in [5.41, 5.74) is 1.18. The van der Waals surface area contributed by atoms with Crippen LogP contribution in [0.3, 0.4) is 0 Å². The van der Waals surface area contributed by atoms with Gasteiger partial charge in [0.05, 0.1) is 19.1 Å². The zero-order chi connectivity index (χ0) is 11.9. The van der Waals surface area contributed by atoms with Crippen molar-refractivity contribution in [2.75, 3.05) is 26.2 Å². The van der Waals surface area contributed by atoms with Crippen LogP contribution in [0.4, 0.5) is 0 Å². The van der Waals surface area contributed by atoms with Crippen LogP contribution >= 0.6 is 0 Å². The Morgan fingerprint density at radius 1 is 1.47 bits per heavy atom. The molecule has 0 saturated carbocycles. The van der Waals surface area contributed by atoms with Gasteiger partial charge >= 0.3 is 0 Å². The number of aliphatic hydroxyl groups excluding tert-OH is 1. The van der Waals surface area contributed by atoms with E-state index in [2.05, 4.69) is 10.2 Å². The lowest BCUT2D eigenvalue weighted by atomic mass is 10.0. The van der Waals surface area contributed by atoms with Crippen LogP contribution in [0.2, 0.25) is 0 Å². The second-order valence-electron chi connectivity index (χ2n) is 4.68. The first kappa shape index (κ1) is 12.6. The maximum atomic E-state index is 9.29. The van der Waals surface area contributed by atoms with Crippen molar-refractivity contribution in [3.05, 3.63) is 24.2 Å². The number of piperidine rings is 1. The normalized spacial score (nSPS) is 21.8. The molecule has 17 heavy (non-hydrogen) atoms. The molecule has 96 valence electrons. The van der Waals surface area contributed by atoms with Gasteiger partial charge in [-0.2, -0.15) is 0 Å². The Bertz CT molecular complexity index is 300. The lowest BCUT2D eigenvalue weighted by Gasteiger charge is -2.34. The van der Waals surface area contributed by atoms with Crippen molar-refractivity contribution in [3.8, 4) is 0 Å². The molecule has 1 unspecified atom stereocenters. The molecule has 2 N–H and O–H groups in total. The van der Waals surface area contributed by atoms with E-state index in [1.54, 1.807) is 12.5 Å². The van der Waals surface area contributed by atoms with Gasteiger partial charge in [-0.05, 0) is 25.5 Å². The first-order valence-corrected chi connectivity index (χ1v) is 6.47. The molecule has 2 heterocycles. The fraction of sp³-hybridized carbons (Fsp3) is 0.692. The van der Waals surface area contributed by atoms with Gasteiger partial charge in [-0.3, -0.25) is 4.90 Å². The van der Waals surface area contributed by atoms with E-state index < -0.39 is 0 Å². The zero-order valence-electron chi connectivity index (χ0n) is 10.3. The van der Waals surface area contributed by atoms with Crippen LogP contribution in [-0.2, 0) is 6.54 Å². The van der Waals surface area contributed by atoms with Gasteiger partial charge in [-0.25, -0.2) is 0 Å². The summed E-state index contributed by atoms with van der Waals surface area (Å²) in [4.78, 5) is 2.39. The van der Waals surface area contributed by atoms with Crippen molar-refractivity contribution in [1.29, 1.82) is 0 Å². The minimum absolute atomic E-state index is 0.293. The molecule has 4 nitrogen and oxygen atoms in total. The number of aliphatic hydroxyl groups is 1. The minimum atomic E-state index is 0.293. The molecule has 0 radical (unpaired) electrons. The maximum Gasteiger partial charge on any atom is 0.0947 e. The highest BCUT2D eigenvalue weighted by Crippen LogP contribution is 2.15. The molecule has 4 heteroatoms. The topological polar surface area (TPSA) is 48.6 Å². The third-order valence-corrected chi connectivity index (χ3v) is 3.44. The second kappa shape index (κ2) is 6.79. The molecule has 0 aliphatic carbocycles. The van der Waals surface area contributed by atoms with Crippen molar-refractivity contribution in [1.82, 2.24) is 10.2 Å². The summed E-state index contributed by atoms with van der Waals surface area (Å²) in [6.45, 7) is 4.25. The van der Waals surface area contributed by atoms with Crippen molar-refractivity contribution in [2.24, 2.45) is 0 Å². The summed E-state index contributed by atoms with van der Waals surface area (Å²) < 4.78 is 5.01. The quantitative estimate of drug-likeness (QED) is 0.732. The van der Waals surface area contributed by atoms with E-state index in [9.17, 15) is 5.11 Å². The van der Waals surface area contributed by atoms with Gasteiger partial charge in [0.2, 0.25) is 0 Å². The molecule has 1 aliphatic heterocycles. The van der Waals surface area contributed by atoms with Gasteiger partial charge in [-0.1, -0.05) is 6.42 Å². The van der Waals surface area contributed by atoms with E-state index >= 15 is 0 Å². The number of nitrogens with zero attached hydrogens (tertiary/aromatic N) is 1. The second-order valence-corrected chi connectivity index (χ2v) is 4.68. The Morgan fingerprint density at radius 3 is 3.18 bits per heavy atom. The third kappa shape index (κ3) is 3.84. The minimum Gasteiger partial charge on any atom is -0.472 e. The Hall–Kier alpha value is -0.840. The van der Waals surface area contributed by atoms with Gasteiger partial charge in [0, 0.05) is 31.2 Å². The van der Waals surface area contributed by atoms with Crippen molar-refractivity contribution >= 4 is 0 Å². The van der Waals surface area contributed by atoms with Crippen LogP contribution in [-0.4, -0.2) is 42.3 Å². The molecule has 0 spiro atoms. The van der Waals surface area contributed by atoms with E-state index in [1.807, 2.05) is 6.07 Å². The van der Waals surface area contributed by atoms with Crippen LogP contribution < -0.4 is 5.32 Å². The van der Waals surface area contributed by atoms with Gasteiger partial charge in [0.15, 0.2) is 0 Å². The van der Waals surface area contributed by atoms with Crippen molar-refractivity contribution in [3.63, 3.8) is 0 Å². The Kier molecular flexibility index (Phi) is 5.04. The van der Waals surface area contributed by atoms with E-state index in [4.69, 9.17) is 4.42 Å². The monoisotopic (exact) mass is 238 g/mol. The molecule has 1 fully saturated rings. The zero-order valence-corrected chi connectivity index (χ0v) is 10.3. The summed E-state index contributed by atoms with van der Waals surface area (Å²) in [6, 6.07) is 2.35. The highest BCUT2D eigenvalue weighted by molar-refractivity contribution is 5.04. The molecule has 0 amide bonds. The fourth-order valence-corrected chi connectivity index (χ4v) is 2.41. The van der Waals surface area contributed by atoms with Crippen LogP contribution in [0.5, 0.6) is 0 Å². The number of likely N-dealkylation sites (tertiary alicyclic amines) is 1. The Morgan fingerprint density at radius 2 is 2.41 bits per heavy atom. The molecule has 1 aromatic rings. The number of hydrogen-bond acceptors (Lipinski definition) is 4. The number of nitrogens with one attached hydrogen (secondary N) is 1. The molecule has 1 aliphatic rings. The Balaban J connectivity index is 1.63. The predicted octanol–water partition coefficient (Wildman–Crippen LogP) is 1.22. The number of rotatable bonds is 6. The summed E-state index contributed by atoms with van der Waals surface area (Å²) in [5, 5.41) is 12.7. The lowest BCUT2D eigenvalue weighted by Crippen LogP contribution is -2.44. The van der Waals surface area contributed by atoms with Crippen LogP contribution in [0.15, 0.2) is 23.0 Å². The fourth-order valence-electron chi connectivity index (χ4n) is 2.41. The summed E-state index contributed by atoms with van der Waals surface area (Å²) in [5.74, 6) is 0. The third-order valence-electron chi connectivity index (χ3n) is 3.44. The molecule has 1 saturated heterocycles. The largest absolute Gasteiger partial charge is 0.472 e. The van der Waals surface area contributed by atoms with E-state index in [0.717, 1.165) is 32.6 Å². The van der Waals surface area contributed by atoms with Gasteiger partial charge < -0.3 is 14.8 Å². The number of furan rings is 1. The summed E-state index contributed by atoms with van der Waals surface area (Å²) in [7, 11) is 0. The standard InChI is InChI=1S/C13H22N2O2/c16-10-13-3-1-2-6-15(13)7-5-14-9-12-4-8-17-11-12/h4,8,11,13-14,16H,1-3,5-7,9-10H2. The molecular formula is C13H22N2O2. The first-order valence-electron chi connectivity index (χ1n) is 6.47. The van der Waals surface area contributed by atoms with Crippen LogP contribution in [0.25, 0.3) is 0 Å².